The fourth-order valence-corrected chi connectivity index (χ4v) is 2.73. The number of aliphatic hydroxyl groups is 1. The molecule has 1 unspecified atom stereocenters. The van der Waals surface area contributed by atoms with Crippen molar-refractivity contribution in [2.45, 2.75) is 57.5 Å². The lowest BCUT2D eigenvalue weighted by molar-refractivity contribution is 0.210. The Hall–Kier alpha value is -0.300. The number of allylic oxidation sites excluding steroid dienone is 1. The molecule has 0 aromatic carbocycles. The molecule has 0 aromatic rings. The quantitative estimate of drug-likeness (QED) is 0.615. The van der Waals surface area contributed by atoms with Gasteiger partial charge in [0.25, 0.3) is 0 Å². The van der Waals surface area contributed by atoms with E-state index in [1.54, 1.807) is 5.57 Å². The van der Waals surface area contributed by atoms with Gasteiger partial charge in [-0.25, -0.2) is 0 Å². The first-order valence-electron chi connectivity index (χ1n) is 5.75. The van der Waals surface area contributed by atoms with E-state index in [1.165, 1.54) is 44.9 Å². The Morgan fingerprint density at radius 2 is 1.69 bits per heavy atom. The molecule has 1 saturated carbocycles. The summed E-state index contributed by atoms with van der Waals surface area (Å²) in [7, 11) is 0. The van der Waals surface area contributed by atoms with E-state index >= 15 is 0 Å². The predicted octanol–water partition coefficient (Wildman–Crippen LogP) is 3.04. The summed E-state index contributed by atoms with van der Waals surface area (Å²) in [6, 6.07) is 0. The molecule has 1 fully saturated rings. The standard InChI is InChI=1S/C12H20O/c13-12-8-4-3-7-11(9-12)10-5-1-2-6-10/h9-10,12-13H,1-8H2. The molecule has 2 aliphatic carbocycles. The number of hydrogen-bond donors (Lipinski definition) is 1. The van der Waals surface area contributed by atoms with Gasteiger partial charge in [-0.05, 0) is 38.0 Å². The smallest absolute Gasteiger partial charge is 0.0723 e. The van der Waals surface area contributed by atoms with E-state index < -0.39 is 0 Å². The van der Waals surface area contributed by atoms with Gasteiger partial charge in [-0.2, -0.15) is 0 Å². The summed E-state index contributed by atoms with van der Waals surface area (Å²) in [4.78, 5) is 0. The normalized spacial score (nSPS) is 31.5. The van der Waals surface area contributed by atoms with Gasteiger partial charge in [-0.1, -0.05) is 30.9 Å². The van der Waals surface area contributed by atoms with Crippen LogP contribution in [-0.4, -0.2) is 11.2 Å². The summed E-state index contributed by atoms with van der Waals surface area (Å²) in [6.45, 7) is 0. The average Bonchev–Trinajstić information content (AvgIpc) is 2.56. The van der Waals surface area contributed by atoms with E-state index in [4.69, 9.17) is 0 Å². The summed E-state index contributed by atoms with van der Waals surface area (Å²) in [5.74, 6) is 0.827. The second kappa shape index (κ2) is 4.28. The number of hydrogen-bond acceptors (Lipinski definition) is 1. The Morgan fingerprint density at radius 1 is 1.00 bits per heavy atom. The first-order valence-corrected chi connectivity index (χ1v) is 5.75. The van der Waals surface area contributed by atoms with Crippen LogP contribution in [0.5, 0.6) is 0 Å². The molecule has 13 heavy (non-hydrogen) atoms. The van der Waals surface area contributed by atoms with Crippen LogP contribution in [0, 0.1) is 5.92 Å². The lowest BCUT2D eigenvalue weighted by Crippen LogP contribution is -2.04. The molecule has 0 amide bonds. The molecule has 2 rings (SSSR count). The Kier molecular flexibility index (Phi) is 3.05. The molecule has 1 nitrogen and oxygen atoms in total. The number of rotatable bonds is 1. The summed E-state index contributed by atoms with van der Waals surface area (Å²) in [5, 5.41) is 9.64. The highest BCUT2D eigenvalue weighted by Gasteiger charge is 2.21. The molecule has 0 radical (unpaired) electrons. The van der Waals surface area contributed by atoms with Crippen LogP contribution in [0.3, 0.4) is 0 Å². The predicted molar refractivity (Wildman–Crippen MR) is 54.5 cm³/mol. The van der Waals surface area contributed by atoms with Crippen molar-refractivity contribution in [3.63, 3.8) is 0 Å². The average molecular weight is 180 g/mol. The van der Waals surface area contributed by atoms with Gasteiger partial charge < -0.3 is 5.11 Å². The van der Waals surface area contributed by atoms with Gasteiger partial charge in [-0.3, -0.25) is 0 Å². The Balaban J connectivity index is 2.01. The van der Waals surface area contributed by atoms with Gasteiger partial charge in [0, 0.05) is 0 Å². The van der Waals surface area contributed by atoms with E-state index in [1.807, 2.05) is 0 Å². The van der Waals surface area contributed by atoms with Crippen molar-refractivity contribution in [3.8, 4) is 0 Å². The minimum absolute atomic E-state index is 0.141. The van der Waals surface area contributed by atoms with Crippen LogP contribution in [0.1, 0.15) is 51.4 Å². The first kappa shape index (κ1) is 9.26. The molecule has 0 saturated heterocycles. The zero-order valence-electron chi connectivity index (χ0n) is 8.34. The topological polar surface area (TPSA) is 20.2 Å². The third kappa shape index (κ3) is 2.34. The zero-order chi connectivity index (χ0) is 9.10. The van der Waals surface area contributed by atoms with E-state index in [0.717, 1.165) is 12.3 Å². The maximum atomic E-state index is 9.64. The maximum absolute atomic E-state index is 9.64. The van der Waals surface area contributed by atoms with Crippen LogP contribution in [-0.2, 0) is 0 Å². The van der Waals surface area contributed by atoms with E-state index in [2.05, 4.69) is 6.08 Å². The van der Waals surface area contributed by atoms with Crippen LogP contribution in [0.2, 0.25) is 0 Å². The van der Waals surface area contributed by atoms with Gasteiger partial charge in [0.1, 0.15) is 0 Å². The highest BCUT2D eigenvalue weighted by Crippen LogP contribution is 2.35. The maximum Gasteiger partial charge on any atom is 0.0723 e. The molecule has 0 aliphatic heterocycles. The molecular formula is C12H20O. The highest BCUT2D eigenvalue weighted by atomic mass is 16.3. The SMILES string of the molecule is OC1C=C(C2CCCC2)CCCC1. The summed E-state index contributed by atoms with van der Waals surface area (Å²) in [6.07, 6.45) is 12.3. The van der Waals surface area contributed by atoms with E-state index in [-0.39, 0.29) is 6.10 Å². The van der Waals surface area contributed by atoms with Gasteiger partial charge in [0.2, 0.25) is 0 Å². The minimum atomic E-state index is -0.141. The summed E-state index contributed by atoms with van der Waals surface area (Å²) < 4.78 is 0. The van der Waals surface area contributed by atoms with E-state index in [9.17, 15) is 5.11 Å². The third-order valence-electron chi connectivity index (χ3n) is 3.50. The molecule has 0 aromatic heterocycles. The van der Waals surface area contributed by atoms with Crippen molar-refractivity contribution in [2.24, 2.45) is 5.92 Å². The molecule has 0 bridgehead atoms. The highest BCUT2D eigenvalue weighted by molar-refractivity contribution is 5.12. The van der Waals surface area contributed by atoms with Crippen molar-refractivity contribution in [3.05, 3.63) is 11.6 Å². The molecule has 2 aliphatic rings. The van der Waals surface area contributed by atoms with Crippen LogP contribution >= 0.6 is 0 Å². The molecule has 0 heterocycles. The lowest BCUT2D eigenvalue weighted by atomic mass is 9.93. The fraction of sp³-hybridized carbons (Fsp3) is 0.833. The van der Waals surface area contributed by atoms with Crippen LogP contribution in [0.4, 0.5) is 0 Å². The van der Waals surface area contributed by atoms with Crippen molar-refractivity contribution in [1.29, 1.82) is 0 Å². The van der Waals surface area contributed by atoms with Gasteiger partial charge in [-0.15, -0.1) is 0 Å². The summed E-state index contributed by atoms with van der Waals surface area (Å²) >= 11 is 0. The molecule has 0 spiro atoms. The van der Waals surface area contributed by atoms with Crippen molar-refractivity contribution in [1.82, 2.24) is 0 Å². The molecule has 1 N–H and O–H groups in total. The van der Waals surface area contributed by atoms with Crippen LogP contribution in [0.25, 0.3) is 0 Å². The van der Waals surface area contributed by atoms with E-state index in [0.29, 0.717) is 0 Å². The van der Waals surface area contributed by atoms with Crippen molar-refractivity contribution in [2.75, 3.05) is 0 Å². The second-order valence-electron chi connectivity index (χ2n) is 4.54. The van der Waals surface area contributed by atoms with Crippen LogP contribution in [0.15, 0.2) is 11.6 Å². The largest absolute Gasteiger partial charge is 0.389 e. The summed E-state index contributed by atoms with van der Waals surface area (Å²) in [5.41, 5.74) is 1.57. The fourth-order valence-electron chi connectivity index (χ4n) is 2.73. The molecule has 1 atom stereocenters. The Morgan fingerprint density at radius 3 is 2.46 bits per heavy atom. The molecule has 1 heteroatoms. The second-order valence-corrected chi connectivity index (χ2v) is 4.54. The minimum Gasteiger partial charge on any atom is -0.389 e. The molecular weight excluding hydrogens is 160 g/mol. The number of aliphatic hydroxyl groups excluding tert-OH is 1. The van der Waals surface area contributed by atoms with Crippen molar-refractivity contribution < 1.29 is 5.11 Å². The van der Waals surface area contributed by atoms with Gasteiger partial charge in [0.05, 0.1) is 6.10 Å². The lowest BCUT2D eigenvalue weighted by Gasteiger charge is -2.13. The first-order chi connectivity index (χ1) is 6.36. The van der Waals surface area contributed by atoms with Gasteiger partial charge >= 0.3 is 0 Å². The van der Waals surface area contributed by atoms with Crippen LogP contribution < -0.4 is 0 Å². The zero-order valence-corrected chi connectivity index (χ0v) is 8.34. The van der Waals surface area contributed by atoms with Crippen molar-refractivity contribution >= 4 is 0 Å². The third-order valence-corrected chi connectivity index (χ3v) is 3.50. The monoisotopic (exact) mass is 180 g/mol. The van der Waals surface area contributed by atoms with Gasteiger partial charge in [0.15, 0.2) is 0 Å². The Bertz CT molecular complexity index is 189. The molecule has 74 valence electrons. The Labute approximate surface area is 80.8 Å².